The second-order valence-electron chi connectivity index (χ2n) is 4.80. The maximum absolute atomic E-state index is 12.7. The van der Waals surface area contributed by atoms with Crippen molar-refractivity contribution in [3.63, 3.8) is 0 Å². The highest BCUT2D eigenvalue weighted by molar-refractivity contribution is 9.10. The number of ketones is 1. The van der Waals surface area contributed by atoms with E-state index in [-0.39, 0.29) is 17.9 Å². The molecule has 2 atom stereocenters. The highest BCUT2D eigenvalue weighted by atomic mass is 79.9. The van der Waals surface area contributed by atoms with Gasteiger partial charge in [0.15, 0.2) is 6.04 Å². The van der Waals surface area contributed by atoms with Crippen LogP contribution >= 0.6 is 15.9 Å². The summed E-state index contributed by atoms with van der Waals surface area (Å²) < 4.78 is 6.55. The Bertz CT molecular complexity index is 583. The summed E-state index contributed by atoms with van der Waals surface area (Å²) in [5.74, 6) is 0.0701. The average molecular weight is 349 g/mol. The number of benzene rings is 2. The molecule has 0 aromatic heterocycles. The summed E-state index contributed by atoms with van der Waals surface area (Å²) in [4.78, 5) is 12.7. The minimum absolute atomic E-state index is 0.0701. The lowest BCUT2D eigenvalue weighted by molar-refractivity contribution is -0.657. The van der Waals surface area contributed by atoms with Gasteiger partial charge in [-0.3, -0.25) is 4.79 Å². The predicted molar refractivity (Wildman–Crippen MR) is 86.3 cm³/mol. The SMILES string of the molecule is C[NH2+][C@@H](C(=O)c1ccc(Br)cc1)[C@H](OC)c1ccccc1. The molecule has 0 aliphatic heterocycles. The van der Waals surface area contributed by atoms with Gasteiger partial charge in [-0.25, -0.2) is 0 Å². The lowest BCUT2D eigenvalue weighted by atomic mass is 9.95. The summed E-state index contributed by atoms with van der Waals surface area (Å²) >= 11 is 3.38. The molecule has 2 aromatic carbocycles. The smallest absolute Gasteiger partial charge is 0.222 e. The van der Waals surface area contributed by atoms with Crippen LogP contribution in [-0.2, 0) is 4.74 Å². The Hall–Kier alpha value is -1.49. The lowest BCUT2D eigenvalue weighted by Crippen LogP contribution is -2.89. The van der Waals surface area contributed by atoms with Crippen LogP contribution in [0.25, 0.3) is 0 Å². The maximum Gasteiger partial charge on any atom is 0.222 e. The molecule has 0 radical (unpaired) electrons. The Morgan fingerprint density at radius 3 is 2.24 bits per heavy atom. The Balaban J connectivity index is 2.29. The van der Waals surface area contributed by atoms with E-state index >= 15 is 0 Å². The van der Waals surface area contributed by atoms with Crippen molar-refractivity contribution in [1.29, 1.82) is 0 Å². The normalized spacial score (nSPS) is 13.7. The Morgan fingerprint density at radius 1 is 1.10 bits per heavy atom. The third kappa shape index (κ3) is 3.79. The maximum atomic E-state index is 12.7. The largest absolute Gasteiger partial charge is 0.370 e. The van der Waals surface area contributed by atoms with Crippen LogP contribution in [0.4, 0.5) is 0 Å². The van der Waals surface area contributed by atoms with Crippen molar-refractivity contribution < 1.29 is 14.8 Å². The predicted octanol–water partition coefficient (Wildman–Crippen LogP) is 2.58. The number of methoxy groups -OCH3 is 1. The van der Waals surface area contributed by atoms with Gasteiger partial charge in [-0.2, -0.15) is 0 Å². The highest BCUT2D eigenvalue weighted by Crippen LogP contribution is 2.21. The van der Waals surface area contributed by atoms with Gasteiger partial charge in [0.2, 0.25) is 5.78 Å². The molecule has 0 saturated carbocycles. The summed E-state index contributed by atoms with van der Waals surface area (Å²) in [7, 11) is 3.54. The van der Waals surface area contributed by atoms with Crippen LogP contribution in [0, 0.1) is 0 Å². The fraction of sp³-hybridized carbons (Fsp3) is 0.235. The van der Waals surface area contributed by atoms with Gasteiger partial charge < -0.3 is 10.1 Å². The zero-order chi connectivity index (χ0) is 15.2. The molecule has 0 spiro atoms. The first kappa shape index (κ1) is 15.9. The van der Waals surface area contributed by atoms with Gasteiger partial charge in [-0.1, -0.05) is 58.4 Å². The van der Waals surface area contributed by atoms with E-state index in [9.17, 15) is 4.79 Å². The molecular formula is C17H19BrNO2+. The van der Waals surface area contributed by atoms with Crippen molar-refractivity contribution in [2.75, 3.05) is 14.2 Å². The molecule has 0 heterocycles. The van der Waals surface area contributed by atoms with E-state index in [0.29, 0.717) is 5.56 Å². The van der Waals surface area contributed by atoms with Crippen LogP contribution < -0.4 is 5.32 Å². The van der Waals surface area contributed by atoms with Crippen LogP contribution in [0.1, 0.15) is 22.0 Å². The number of likely N-dealkylation sites (N-methyl/N-ethyl adjacent to an activating group) is 1. The zero-order valence-corrected chi connectivity index (χ0v) is 13.7. The number of rotatable bonds is 6. The fourth-order valence-corrected chi connectivity index (χ4v) is 2.67. The number of hydrogen-bond donors (Lipinski definition) is 1. The van der Waals surface area contributed by atoms with Crippen molar-refractivity contribution in [1.82, 2.24) is 0 Å². The molecule has 0 aliphatic rings. The van der Waals surface area contributed by atoms with E-state index in [0.717, 1.165) is 10.0 Å². The van der Waals surface area contributed by atoms with Gasteiger partial charge in [0.1, 0.15) is 6.10 Å². The lowest BCUT2D eigenvalue weighted by Gasteiger charge is -2.22. The van der Waals surface area contributed by atoms with E-state index in [1.54, 1.807) is 7.11 Å². The third-order valence-corrected chi connectivity index (χ3v) is 4.03. The standard InChI is InChI=1S/C17H18BrNO2/c1-19-15(16(20)12-8-10-14(18)11-9-12)17(21-2)13-6-4-3-5-7-13/h3-11,15,17,19H,1-2H3/p+1/t15-,17+/m0/s1. The van der Waals surface area contributed by atoms with Gasteiger partial charge >= 0.3 is 0 Å². The summed E-state index contributed by atoms with van der Waals surface area (Å²) in [6.07, 6.45) is -0.271. The van der Waals surface area contributed by atoms with E-state index in [4.69, 9.17) is 4.74 Å². The number of hydrogen-bond acceptors (Lipinski definition) is 2. The summed E-state index contributed by atoms with van der Waals surface area (Å²) in [5, 5.41) is 1.91. The first-order chi connectivity index (χ1) is 10.2. The molecule has 0 fully saturated rings. The molecule has 0 amide bonds. The molecule has 4 heteroatoms. The van der Waals surface area contributed by atoms with Gasteiger partial charge in [0.25, 0.3) is 0 Å². The first-order valence-electron chi connectivity index (χ1n) is 6.84. The Morgan fingerprint density at radius 2 is 1.71 bits per heavy atom. The van der Waals surface area contributed by atoms with Gasteiger partial charge in [-0.15, -0.1) is 0 Å². The number of Topliss-reactive ketones (excluding diaryl/α,β-unsaturated/α-hetero) is 1. The van der Waals surface area contributed by atoms with E-state index in [2.05, 4.69) is 15.9 Å². The molecule has 0 aliphatic carbocycles. The molecule has 0 bridgehead atoms. The van der Waals surface area contributed by atoms with Crippen LogP contribution in [0.3, 0.4) is 0 Å². The van der Waals surface area contributed by atoms with Crippen molar-refractivity contribution in [2.24, 2.45) is 0 Å². The van der Waals surface area contributed by atoms with E-state index < -0.39 is 0 Å². The average Bonchev–Trinajstić information content (AvgIpc) is 2.53. The molecule has 2 aromatic rings. The second kappa shape index (κ2) is 7.50. The number of carbonyl (C=O) groups is 1. The second-order valence-corrected chi connectivity index (χ2v) is 5.71. The Kier molecular flexibility index (Phi) is 5.67. The van der Waals surface area contributed by atoms with Crippen molar-refractivity contribution in [3.05, 3.63) is 70.2 Å². The summed E-state index contributed by atoms with van der Waals surface area (Å²) in [6.45, 7) is 0. The van der Waals surface area contributed by atoms with Crippen LogP contribution in [-0.4, -0.2) is 26.0 Å². The zero-order valence-electron chi connectivity index (χ0n) is 12.1. The van der Waals surface area contributed by atoms with Crippen LogP contribution in [0.5, 0.6) is 0 Å². The van der Waals surface area contributed by atoms with E-state index in [1.807, 2.05) is 67.0 Å². The van der Waals surface area contributed by atoms with Crippen LogP contribution in [0.15, 0.2) is 59.1 Å². The number of halogens is 1. The van der Waals surface area contributed by atoms with Gasteiger partial charge in [0, 0.05) is 17.1 Å². The number of ether oxygens (including phenoxy) is 1. The Labute approximate surface area is 133 Å². The number of carbonyl (C=O) groups excluding carboxylic acids is 1. The minimum atomic E-state index is -0.307. The van der Waals surface area contributed by atoms with Crippen molar-refractivity contribution in [3.8, 4) is 0 Å². The number of quaternary nitrogens is 1. The monoisotopic (exact) mass is 348 g/mol. The van der Waals surface area contributed by atoms with Crippen molar-refractivity contribution >= 4 is 21.7 Å². The number of nitrogens with two attached hydrogens (primary N) is 1. The van der Waals surface area contributed by atoms with E-state index in [1.165, 1.54) is 0 Å². The minimum Gasteiger partial charge on any atom is -0.370 e. The first-order valence-corrected chi connectivity index (χ1v) is 7.63. The molecule has 110 valence electrons. The highest BCUT2D eigenvalue weighted by Gasteiger charge is 2.32. The molecule has 21 heavy (non-hydrogen) atoms. The molecule has 2 rings (SSSR count). The van der Waals surface area contributed by atoms with Crippen LogP contribution in [0.2, 0.25) is 0 Å². The van der Waals surface area contributed by atoms with Crippen molar-refractivity contribution in [2.45, 2.75) is 12.1 Å². The fourth-order valence-electron chi connectivity index (χ4n) is 2.40. The molecular weight excluding hydrogens is 330 g/mol. The molecule has 0 saturated heterocycles. The molecule has 0 unspecified atom stereocenters. The molecule has 3 nitrogen and oxygen atoms in total. The summed E-state index contributed by atoms with van der Waals surface area (Å²) in [6, 6.07) is 17.0. The van der Waals surface area contributed by atoms with Gasteiger partial charge in [-0.05, 0) is 17.7 Å². The topological polar surface area (TPSA) is 42.9 Å². The molecule has 2 N–H and O–H groups in total. The third-order valence-electron chi connectivity index (χ3n) is 3.50. The van der Waals surface area contributed by atoms with Gasteiger partial charge in [0.05, 0.1) is 7.05 Å². The quantitative estimate of drug-likeness (QED) is 0.815. The summed E-state index contributed by atoms with van der Waals surface area (Å²) in [5.41, 5.74) is 1.70.